The van der Waals surface area contributed by atoms with Gasteiger partial charge in [-0.1, -0.05) is 18.2 Å². The van der Waals surface area contributed by atoms with Crippen molar-refractivity contribution in [3.05, 3.63) is 5.82 Å². The van der Waals surface area contributed by atoms with E-state index in [1.807, 2.05) is 6.92 Å². The fourth-order valence-electron chi connectivity index (χ4n) is 3.19. The Bertz CT molecular complexity index is 447. The van der Waals surface area contributed by atoms with E-state index in [0.717, 1.165) is 17.7 Å². The molecule has 98 valence electrons. The van der Waals surface area contributed by atoms with Gasteiger partial charge in [-0.05, 0) is 38.0 Å². The summed E-state index contributed by atoms with van der Waals surface area (Å²) in [7, 11) is 0. The molecular formula is C12H18N4OS. The molecule has 18 heavy (non-hydrogen) atoms. The zero-order valence-corrected chi connectivity index (χ0v) is 11.3. The van der Waals surface area contributed by atoms with Gasteiger partial charge in [-0.15, -0.1) is 5.10 Å². The lowest BCUT2D eigenvalue weighted by atomic mass is 9.95. The Morgan fingerprint density at radius 3 is 3.00 bits per heavy atom. The molecule has 1 heterocycles. The number of carbonyl (C=O) groups is 1. The zero-order valence-electron chi connectivity index (χ0n) is 10.5. The van der Waals surface area contributed by atoms with Gasteiger partial charge < -0.3 is 5.32 Å². The van der Waals surface area contributed by atoms with Crippen LogP contribution < -0.4 is 5.32 Å². The SMILES string of the molecule is Cc1nc(SCC(=O)N[C@H]2C[C@@H]3CC[C@@H]2C3)n[nH]1. The maximum atomic E-state index is 11.9. The summed E-state index contributed by atoms with van der Waals surface area (Å²) >= 11 is 1.39. The Labute approximate surface area is 111 Å². The first-order chi connectivity index (χ1) is 8.70. The Hall–Kier alpha value is -1.04. The highest BCUT2D eigenvalue weighted by Gasteiger charge is 2.39. The van der Waals surface area contributed by atoms with Crippen LogP contribution >= 0.6 is 11.8 Å². The van der Waals surface area contributed by atoms with Gasteiger partial charge in [-0.3, -0.25) is 9.89 Å². The summed E-state index contributed by atoms with van der Waals surface area (Å²) in [4.78, 5) is 16.0. The van der Waals surface area contributed by atoms with Crippen molar-refractivity contribution in [2.24, 2.45) is 11.8 Å². The first-order valence-electron chi connectivity index (χ1n) is 6.52. The molecule has 0 saturated heterocycles. The molecular weight excluding hydrogens is 248 g/mol. The molecule has 1 aromatic heterocycles. The van der Waals surface area contributed by atoms with Gasteiger partial charge in [-0.2, -0.15) is 0 Å². The summed E-state index contributed by atoms with van der Waals surface area (Å²) in [6.07, 6.45) is 5.16. The van der Waals surface area contributed by atoms with Gasteiger partial charge in [0.25, 0.3) is 0 Å². The highest BCUT2D eigenvalue weighted by atomic mass is 32.2. The number of thioether (sulfide) groups is 1. The molecule has 0 aliphatic heterocycles. The minimum Gasteiger partial charge on any atom is -0.352 e. The normalized spacial score (nSPS) is 29.7. The van der Waals surface area contributed by atoms with Gasteiger partial charge in [0.15, 0.2) is 0 Å². The monoisotopic (exact) mass is 266 g/mol. The number of aromatic amines is 1. The molecule has 2 fully saturated rings. The van der Waals surface area contributed by atoms with Crippen LogP contribution in [-0.2, 0) is 4.79 Å². The maximum absolute atomic E-state index is 11.9. The van der Waals surface area contributed by atoms with Gasteiger partial charge in [0.2, 0.25) is 11.1 Å². The molecule has 3 atom stereocenters. The van der Waals surface area contributed by atoms with Gasteiger partial charge >= 0.3 is 0 Å². The number of H-pyrrole nitrogens is 1. The number of aryl methyl sites for hydroxylation is 1. The van der Waals surface area contributed by atoms with Crippen molar-refractivity contribution < 1.29 is 4.79 Å². The average molecular weight is 266 g/mol. The van der Waals surface area contributed by atoms with Crippen molar-refractivity contribution in [3.8, 4) is 0 Å². The molecule has 0 unspecified atom stereocenters. The van der Waals surface area contributed by atoms with Gasteiger partial charge in [0.05, 0.1) is 5.75 Å². The summed E-state index contributed by atoms with van der Waals surface area (Å²) in [5, 5.41) is 10.6. The quantitative estimate of drug-likeness (QED) is 0.810. The lowest BCUT2D eigenvalue weighted by Crippen LogP contribution is -2.39. The second-order valence-electron chi connectivity index (χ2n) is 5.34. The molecule has 5 nitrogen and oxygen atoms in total. The number of nitrogens with zero attached hydrogens (tertiary/aromatic N) is 2. The van der Waals surface area contributed by atoms with Crippen LogP contribution in [0.5, 0.6) is 0 Å². The van der Waals surface area contributed by atoms with Crippen molar-refractivity contribution in [3.63, 3.8) is 0 Å². The molecule has 2 saturated carbocycles. The maximum Gasteiger partial charge on any atom is 0.230 e. The van der Waals surface area contributed by atoms with Crippen LogP contribution in [0.1, 0.15) is 31.5 Å². The van der Waals surface area contributed by atoms with Crippen molar-refractivity contribution >= 4 is 17.7 Å². The van der Waals surface area contributed by atoms with E-state index >= 15 is 0 Å². The fraction of sp³-hybridized carbons (Fsp3) is 0.750. The number of hydrogen-bond donors (Lipinski definition) is 2. The molecule has 2 aliphatic carbocycles. The van der Waals surface area contributed by atoms with E-state index in [0.29, 0.717) is 17.0 Å². The molecule has 2 N–H and O–H groups in total. The lowest BCUT2D eigenvalue weighted by Gasteiger charge is -2.22. The Balaban J connectivity index is 1.45. The highest BCUT2D eigenvalue weighted by molar-refractivity contribution is 7.99. The average Bonchev–Trinajstić information content (AvgIpc) is 3.03. The van der Waals surface area contributed by atoms with E-state index in [-0.39, 0.29) is 5.91 Å². The zero-order chi connectivity index (χ0) is 12.5. The minimum absolute atomic E-state index is 0.111. The van der Waals surface area contributed by atoms with E-state index in [2.05, 4.69) is 20.5 Å². The molecule has 6 heteroatoms. The van der Waals surface area contributed by atoms with E-state index < -0.39 is 0 Å². The van der Waals surface area contributed by atoms with Gasteiger partial charge in [-0.25, -0.2) is 4.98 Å². The topological polar surface area (TPSA) is 70.7 Å². The van der Waals surface area contributed by atoms with Crippen LogP contribution in [0, 0.1) is 18.8 Å². The molecule has 0 radical (unpaired) electrons. The molecule has 2 aliphatic rings. The number of nitrogens with one attached hydrogen (secondary N) is 2. The van der Waals surface area contributed by atoms with E-state index in [1.165, 1.54) is 37.4 Å². The van der Waals surface area contributed by atoms with Crippen molar-refractivity contribution in [1.29, 1.82) is 0 Å². The number of hydrogen-bond acceptors (Lipinski definition) is 4. The summed E-state index contributed by atoms with van der Waals surface area (Å²) in [5.41, 5.74) is 0. The lowest BCUT2D eigenvalue weighted by molar-refractivity contribution is -0.119. The third-order valence-electron chi connectivity index (χ3n) is 3.99. The summed E-state index contributed by atoms with van der Waals surface area (Å²) in [6, 6.07) is 0.422. The highest BCUT2D eigenvalue weighted by Crippen LogP contribution is 2.44. The van der Waals surface area contributed by atoms with Crippen LogP contribution in [-0.4, -0.2) is 32.9 Å². The van der Waals surface area contributed by atoms with E-state index in [1.54, 1.807) is 0 Å². The fourth-order valence-corrected chi connectivity index (χ4v) is 3.84. The Kier molecular flexibility index (Phi) is 3.28. The van der Waals surface area contributed by atoms with Crippen molar-refractivity contribution in [2.45, 2.75) is 43.8 Å². The van der Waals surface area contributed by atoms with Crippen LogP contribution in [0.4, 0.5) is 0 Å². The van der Waals surface area contributed by atoms with Gasteiger partial charge in [0, 0.05) is 6.04 Å². The third kappa shape index (κ3) is 2.53. The predicted octanol–water partition coefficient (Wildman–Crippen LogP) is 1.51. The first kappa shape index (κ1) is 12.0. The number of fused-ring (bicyclic) bond motifs is 2. The van der Waals surface area contributed by atoms with E-state index in [9.17, 15) is 4.79 Å². The van der Waals surface area contributed by atoms with Crippen molar-refractivity contribution in [1.82, 2.24) is 20.5 Å². The summed E-state index contributed by atoms with van der Waals surface area (Å²) in [6.45, 7) is 1.85. The molecule has 0 spiro atoms. The molecule has 1 aromatic rings. The summed E-state index contributed by atoms with van der Waals surface area (Å²) in [5.74, 6) is 2.90. The van der Waals surface area contributed by atoms with Crippen LogP contribution in [0.15, 0.2) is 5.16 Å². The molecule has 0 aromatic carbocycles. The minimum atomic E-state index is 0.111. The second kappa shape index (κ2) is 4.91. The first-order valence-corrected chi connectivity index (χ1v) is 7.50. The molecule has 2 bridgehead atoms. The van der Waals surface area contributed by atoms with Crippen LogP contribution in [0.25, 0.3) is 0 Å². The Morgan fingerprint density at radius 2 is 2.39 bits per heavy atom. The summed E-state index contributed by atoms with van der Waals surface area (Å²) < 4.78 is 0. The number of rotatable bonds is 4. The second-order valence-corrected chi connectivity index (χ2v) is 6.28. The standard InChI is InChI=1S/C12H18N4OS/c1-7-13-12(16-15-7)18-6-11(17)14-10-5-8-2-3-9(10)4-8/h8-10H,2-6H2,1H3,(H,14,17)(H,13,15,16)/t8-,9-,10+/m1/s1. The number of aromatic nitrogens is 3. The van der Waals surface area contributed by atoms with E-state index in [4.69, 9.17) is 0 Å². The Morgan fingerprint density at radius 1 is 1.50 bits per heavy atom. The molecule has 1 amide bonds. The molecule has 3 rings (SSSR count). The largest absolute Gasteiger partial charge is 0.352 e. The van der Waals surface area contributed by atoms with Crippen LogP contribution in [0.3, 0.4) is 0 Å². The third-order valence-corrected chi connectivity index (χ3v) is 4.84. The van der Waals surface area contributed by atoms with Crippen LogP contribution in [0.2, 0.25) is 0 Å². The van der Waals surface area contributed by atoms with Gasteiger partial charge in [0.1, 0.15) is 5.82 Å². The number of carbonyl (C=O) groups excluding carboxylic acids is 1. The smallest absolute Gasteiger partial charge is 0.230 e. The number of amides is 1. The predicted molar refractivity (Wildman–Crippen MR) is 69.2 cm³/mol. The van der Waals surface area contributed by atoms with Crippen molar-refractivity contribution in [2.75, 3.05) is 5.75 Å².